The summed E-state index contributed by atoms with van der Waals surface area (Å²) in [4.78, 5) is 14.7. The van der Waals surface area contributed by atoms with Crippen LogP contribution < -0.4 is 4.72 Å². The first-order chi connectivity index (χ1) is 7.74. The van der Waals surface area contributed by atoms with Crippen LogP contribution in [0.3, 0.4) is 0 Å². The Morgan fingerprint density at radius 1 is 1.41 bits per heavy atom. The number of hydrogen-bond donors (Lipinski definition) is 2. The lowest BCUT2D eigenvalue weighted by Crippen LogP contribution is -2.32. The molecule has 0 amide bonds. The highest BCUT2D eigenvalue weighted by molar-refractivity contribution is 7.94. The molecule has 0 aliphatic rings. The van der Waals surface area contributed by atoms with Gasteiger partial charge in [0, 0.05) is 5.69 Å². The molecule has 0 radical (unpaired) electrons. The molecule has 1 heterocycles. The largest absolute Gasteiger partial charge is 0.480 e. The second-order valence-electron chi connectivity index (χ2n) is 3.71. The highest BCUT2D eigenvalue weighted by atomic mass is 32.2. The molecule has 6 nitrogen and oxygen atoms in total. The fourth-order valence-corrected chi connectivity index (χ4v) is 2.13. The van der Waals surface area contributed by atoms with Crippen LogP contribution in [0.4, 0.5) is 5.69 Å². The van der Waals surface area contributed by atoms with Crippen LogP contribution in [0.1, 0.15) is 18.3 Å². The molecule has 0 spiro atoms. The first kappa shape index (κ1) is 13.4. The molecule has 0 saturated heterocycles. The van der Waals surface area contributed by atoms with E-state index in [2.05, 4.69) is 9.71 Å². The van der Waals surface area contributed by atoms with E-state index in [0.717, 1.165) is 12.6 Å². The molecule has 1 atom stereocenters. The second-order valence-corrected chi connectivity index (χ2v) is 5.71. The number of carboxylic acid groups (broad SMARTS) is 1. The Kier molecular flexibility index (Phi) is 3.72. The number of sulfonamides is 1. The third-order valence-corrected chi connectivity index (χ3v) is 3.93. The summed E-state index contributed by atoms with van der Waals surface area (Å²) in [5.74, 6) is -1.39. The molecular weight excluding hydrogens is 244 g/mol. The van der Waals surface area contributed by atoms with Crippen LogP contribution in [0.2, 0.25) is 0 Å². The van der Waals surface area contributed by atoms with E-state index in [4.69, 9.17) is 5.11 Å². The van der Waals surface area contributed by atoms with Gasteiger partial charge in [-0.05, 0) is 32.9 Å². The first-order valence-corrected chi connectivity index (χ1v) is 6.47. The van der Waals surface area contributed by atoms with Crippen molar-refractivity contribution >= 4 is 21.7 Å². The lowest BCUT2D eigenvalue weighted by molar-refractivity contribution is -0.136. The zero-order valence-corrected chi connectivity index (χ0v) is 10.6. The standard InChI is InChI=1S/C10H14N2O4S/c1-6-4-5-9(7(2)11-6)12-17(15,16)8(3)10(13)14/h4-5,8,12H,1-3H3,(H,13,14). The van der Waals surface area contributed by atoms with Gasteiger partial charge in [-0.1, -0.05) is 0 Å². The van der Waals surface area contributed by atoms with E-state index in [-0.39, 0.29) is 0 Å². The topological polar surface area (TPSA) is 96.4 Å². The highest BCUT2D eigenvalue weighted by Gasteiger charge is 2.27. The Balaban J connectivity index is 3.02. The fraction of sp³-hybridized carbons (Fsp3) is 0.400. The van der Waals surface area contributed by atoms with Crippen molar-refractivity contribution in [3.8, 4) is 0 Å². The van der Waals surface area contributed by atoms with Crippen LogP contribution in [0.25, 0.3) is 0 Å². The van der Waals surface area contributed by atoms with Gasteiger partial charge in [-0.25, -0.2) is 8.42 Å². The molecule has 0 aromatic carbocycles. The smallest absolute Gasteiger partial charge is 0.323 e. The van der Waals surface area contributed by atoms with Gasteiger partial charge in [0.05, 0.1) is 11.4 Å². The molecule has 17 heavy (non-hydrogen) atoms. The van der Waals surface area contributed by atoms with Gasteiger partial charge in [0.1, 0.15) is 0 Å². The molecule has 1 rings (SSSR count). The minimum Gasteiger partial charge on any atom is -0.480 e. The molecule has 1 aromatic rings. The van der Waals surface area contributed by atoms with Gasteiger partial charge in [0.25, 0.3) is 0 Å². The van der Waals surface area contributed by atoms with Crippen LogP contribution in [-0.4, -0.2) is 29.7 Å². The Labute approximate surface area is 99.7 Å². The maximum absolute atomic E-state index is 11.7. The molecule has 0 saturated carbocycles. The Morgan fingerprint density at radius 3 is 2.47 bits per heavy atom. The summed E-state index contributed by atoms with van der Waals surface area (Å²) in [5.41, 5.74) is 1.56. The summed E-state index contributed by atoms with van der Waals surface area (Å²) in [5, 5.41) is 7.16. The number of anilines is 1. The molecule has 94 valence electrons. The van der Waals surface area contributed by atoms with Gasteiger partial charge < -0.3 is 5.11 Å². The van der Waals surface area contributed by atoms with Crippen molar-refractivity contribution in [2.75, 3.05) is 4.72 Å². The summed E-state index contributed by atoms with van der Waals surface area (Å²) >= 11 is 0. The molecule has 0 bridgehead atoms. The number of aliphatic carboxylic acids is 1. The van der Waals surface area contributed by atoms with E-state index < -0.39 is 21.2 Å². The van der Waals surface area contributed by atoms with Gasteiger partial charge in [-0.2, -0.15) is 0 Å². The molecule has 1 aromatic heterocycles. The van der Waals surface area contributed by atoms with Gasteiger partial charge >= 0.3 is 5.97 Å². The maximum Gasteiger partial charge on any atom is 0.323 e. The number of nitrogens with one attached hydrogen (secondary N) is 1. The number of nitrogens with zero attached hydrogens (tertiary/aromatic N) is 1. The predicted molar refractivity (Wildman–Crippen MR) is 63.4 cm³/mol. The van der Waals surface area contributed by atoms with Crippen molar-refractivity contribution < 1.29 is 18.3 Å². The zero-order chi connectivity index (χ0) is 13.2. The molecule has 0 aliphatic heterocycles. The van der Waals surface area contributed by atoms with Crippen LogP contribution >= 0.6 is 0 Å². The second kappa shape index (κ2) is 4.70. The van der Waals surface area contributed by atoms with Crippen molar-refractivity contribution in [2.24, 2.45) is 0 Å². The van der Waals surface area contributed by atoms with E-state index >= 15 is 0 Å². The zero-order valence-electron chi connectivity index (χ0n) is 9.76. The molecule has 0 fully saturated rings. The monoisotopic (exact) mass is 258 g/mol. The van der Waals surface area contributed by atoms with E-state index in [9.17, 15) is 13.2 Å². The Bertz CT molecular complexity index is 539. The summed E-state index contributed by atoms with van der Waals surface area (Å²) in [7, 11) is -3.94. The van der Waals surface area contributed by atoms with Crippen LogP contribution in [-0.2, 0) is 14.8 Å². The van der Waals surface area contributed by atoms with Crippen molar-refractivity contribution in [2.45, 2.75) is 26.0 Å². The summed E-state index contributed by atoms with van der Waals surface area (Å²) in [6, 6.07) is 3.21. The average molecular weight is 258 g/mol. The molecule has 2 N–H and O–H groups in total. The van der Waals surface area contributed by atoms with Crippen LogP contribution in [0, 0.1) is 13.8 Å². The summed E-state index contributed by atoms with van der Waals surface area (Å²) in [6.45, 7) is 4.54. The third-order valence-electron chi connectivity index (χ3n) is 2.29. The maximum atomic E-state index is 11.7. The number of hydrogen-bond acceptors (Lipinski definition) is 4. The molecule has 1 unspecified atom stereocenters. The van der Waals surface area contributed by atoms with E-state index in [0.29, 0.717) is 11.4 Å². The van der Waals surface area contributed by atoms with Crippen LogP contribution in [0.5, 0.6) is 0 Å². The van der Waals surface area contributed by atoms with Gasteiger partial charge in [0.2, 0.25) is 10.0 Å². The van der Waals surface area contributed by atoms with E-state index in [1.807, 2.05) is 0 Å². The number of rotatable bonds is 4. The van der Waals surface area contributed by atoms with Gasteiger partial charge in [-0.3, -0.25) is 14.5 Å². The third kappa shape index (κ3) is 3.16. The van der Waals surface area contributed by atoms with Crippen molar-refractivity contribution in [1.82, 2.24) is 4.98 Å². The van der Waals surface area contributed by atoms with Crippen molar-refractivity contribution in [1.29, 1.82) is 0 Å². The van der Waals surface area contributed by atoms with E-state index in [1.54, 1.807) is 26.0 Å². The summed E-state index contributed by atoms with van der Waals surface area (Å²) < 4.78 is 25.5. The van der Waals surface area contributed by atoms with Crippen LogP contribution in [0.15, 0.2) is 12.1 Å². The highest BCUT2D eigenvalue weighted by Crippen LogP contribution is 2.16. The number of pyridine rings is 1. The van der Waals surface area contributed by atoms with Gasteiger partial charge in [-0.15, -0.1) is 0 Å². The van der Waals surface area contributed by atoms with Crippen molar-refractivity contribution in [3.05, 3.63) is 23.5 Å². The number of carbonyl (C=O) groups is 1. The lowest BCUT2D eigenvalue weighted by Gasteiger charge is -2.12. The Hall–Kier alpha value is -1.63. The number of aryl methyl sites for hydroxylation is 2. The van der Waals surface area contributed by atoms with E-state index in [1.165, 1.54) is 0 Å². The molecular formula is C10H14N2O4S. The lowest BCUT2D eigenvalue weighted by atomic mass is 10.3. The predicted octanol–water partition coefficient (Wildman–Crippen LogP) is 0.913. The fourth-order valence-electron chi connectivity index (χ4n) is 1.17. The Morgan fingerprint density at radius 2 is 2.00 bits per heavy atom. The van der Waals surface area contributed by atoms with Crippen molar-refractivity contribution in [3.63, 3.8) is 0 Å². The normalized spacial score (nSPS) is 13.1. The minimum atomic E-state index is -3.94. The number of carboxylic acids is 1. The summed E-state index contributed by atoms with van der Waals surface area (Å²) in [6.07, 6.45) is 0. The number of aromatic nitrogens is 1. The van der Waals surface area contributed by atoms with Gasteiger partial charge in [0.15, 0.2) is 5.25 Å². The molecule has 0 aliphatic carbocycles. The SMILES string of the molecule is Cc1ccc(NS(=O)(=O)C(C)C(=O)O)c(C)n1. The first-order valence-electron chi connectivity index (χ1n) is 4.92. The minimum absolute atomic E-state index is 0.295. The quantitative estimate of drug-likeness (QED) is 0.836. The average Bonchev–Trinajstić information content (AvgIpc) is 2.21. The molecule has 7 heteroatoms.